The topological polar surface area (TPSA) is 117 Å². The Balaban J connectivity index is 2.03. The zero-order valence-electron chi connectivity index (χ0n) is 17.4. The number of benzene rings is 2. The summed E-state index contributed by atoms with van der Waals surface area (Å²) in [5.74, 6) is 1.40. The van der Waals surface area contributed by atoms with E-state index in [9.17, 15) is 10.2 Å². The number of phenols is 1. The molecule has 1 aromatic heterocycles. The summed E-state index contributed by atoms with van der Waals surface area (Å²) in [6.45, 7) is 1.53. The molecule has 0 saturated heterocycles. The van der Waals surface area contributed by atoms with Crippen molar-refractivity contribution in [1.82, 2.24) is 4.98 Å². The molecule has 0 fully saturated rings. The smallest absolute Gasteiger partial charge is 0.227 e. The van der Waals surface area contributed by atoms with Gasteiger partial charge in [0.25, 0.3) is 0 Å². The molecule has 0 radical (unpaired) electrons. The van der Waals surface area contributed by atoms with E-state index in [0.717, 1.165) is 16.8 Å². The van der Waals surface area contributed by atoms with Crippen molar-refractivity contribution in [3.8, 4) is 40.0 Å². The van der Waals surface area contributed by atoms with Gasteiger partial charge in [-0.05, 0) is 30.7 Å². The number of aliphatic hydroxyl groups excluding tert-OH is 2. The van der Waals surface area contributed by atoms with E-state index in [1.54, 1.807) is 19.2 Å². The highest BCUT2D eigenvalue weighted by Crippen LogP contribution is 2.41. The van der Waals surface area contributed by atoms with Gasteiger partial charge in [-0.2, -0.15) is 0 Å². The van der Waals surface area contributed by atoms with E-state index < -0.39 is 6.10 Å². The van der Waals surface area contributed by atoms with Gasteiger partial charge in [0, 0.05) is 30.3 Å². The molecule has 0 spiro atoms. The second-order valence-electron chi connectivity index (χ2n) is 6.82. The van der Waals surface area contributed by atoms with Gasteiger partial charge in [-0.15, -0.1) is 0 Å². The Kier molecular flexibility index (Phi) is 6.49. The maximum atomic E-state index is 10.1. The van der Waals surface area contributed by atoms with Crippen LogP contribution in [0, 0.1) is 6.92 Å². The highest BCUT2D eigenvalue weighted by Gasteiger charge is 2.20. The minimum Gasteiger partial charge on any atom is -0.502 e. The summed E-state index contributed by atoms with van der Waals surface area (Å²) in [5, 5.41) is 32.1. The standard InChI is InChI=1S/C22H26N2O6/c1-12-20(16-6-5-13(7-15(26)11-25)8-17(16)23-2)24-22(30-12)14-9-18(28-3)21(27)19(10-14)29-4/h5-6,8-10,15,23,25-27H,7,11H2,1-4H3. The fourth-order valence-electron chi connectivity index (χ4n) is 3.26. The van der Waals surface area contributed by atoms with E-state index in [1.807, 2.05) is 25.1 Å². The molecular weight excluding hydrogens is 388 g/mol. The van der Waals surface area contributed by atoms with Crippen molar-refractivity contribution in [2.75, 3.05) is 33.2 Å². The number of phenolic OH excluding ortho intramolecular Hbond substituents is 1. The van der Waals surface area contributed by atoms with Crippen molar-refractivity contribution < 1.29 is 29.2 Å². The Bertz CT molecular complexity index is 1010. The van der Waals surface area contributed by atoms with E-state index in [1.165, 1.54) is 14.2 Å². The molecule has 8 heteroatoms. The van der Waals surface area contributed by atoms with Gasteiger partial charge in [-0.1, -0.05) is 12.1 Å². The van der Waals surface area contributed by atoms with Gasteiger partial charge in [0.05, 0.1) is 26.9 Å². The molecule has 4 N–H and O–H groups in total. The molecule has 160 valence electrons. The maximum Gasteiger partial charge on any atom is 0.227 e. The van der Waals surface area contributed by atoms with E-state index in [0.29, 0.717) is 29.3 Å². The van der Waals surface area contributed by atoms with E-state index in [-0.39, 0.29) is 23.9 Å². The molecule has 0 aliphatic carbocycles. The molecule has 30 heavy (non-hydrogen) atoms. The quantitative estimate of drug-likeness (QED) is 0.444. The molecule has 1 heterocycles. The van der Waals surface area contributed by atoms with Crippen LogP contribution in [-0.2, 0) is 6.42 Å². The predicted octanol–water partition coefficient (Wildman–Crippen LogP) is 2.98. The summed E-state index contributed by atoms with van der Waals surface area (Å²) in [5.41, 5.74) is 3.81. The number of anilines is 1. The van der Waals surface area contributed by atoms with Gasteiger partial charge >= 0.3 is 0 Å². The molecule has 0 aliphatic rings. The average molecular weight is 414 g/mol. The fraction of sp³-hybridized carbons (Fsp3) is 0.318. The second-order valence-corrected chi connectivity index (χ2v) is 6.82. The van der Waals surface area contributed by atoms with Crippen LogP contribution in [0.2, 0.25) is 0 Å². The van der Waals surface area contributed by atoms with Crippen LogP contribution < -0.4 is 14.8 Å². The first-order valence-corrected chi connectivity index (χ1v) is 9.44. The van der Waals surface area contributed by atoms with Gasteiger partial charge in [0.1, 0.15) is 11.5 Å². The molecule has 0 bridgehead atoms. The normalized spacial score (nSPS) is 11.9. The number of aromatic nitrogens is 1. The molecule has 0 amide bonds. The number of ether oxygens (including phenoxy) is 2. The zero-order chi connectivity index (χ0) is 21.8. The Hall–Kier alpha value is -3.23. The lowest BCUT2D eigenvalue weighted by molar-refractivity contribution is 0.0955. The summed E-state index contributed by atoms with van der Waals surface area (Å²) < 4.78 is 16.3. The van der Waals surface area contributed by atoms with Gasteiger partial charge in [-0.3, -0.25) is 0 Å². The lowest BCUT2D eigenvalue weighted by Crippen LogP contribution is -2.15. The van der Waals surface area contributed by atoms with Crippen molar-refractivity contribution >= 4 is 5.69 Å². The number of rotatable bonds is 8. The first-order valence-electron chi connectivity index (χ1n) is 9.44. The summed E-state index contributed by atoms with van der Waals surface area (Å²) >= 11 is 0. The molecule has 1 atom stereocenters. The van der Waals surface area contributed by atoms with Crippen molar-refractivity contribution in [2.45, 2.75) is 19.4 Å². The van der Waals surface area contributed by atoms with Crippen LogP contribution in [0.5, 0.6) is 17.2 Å². The minimum absolute atomic E-state index is 0.0922. The number of oxazole rings is 1. The summed E-state index contributed by atoms with van der Waals surface area (Å²) in [4.78, 5) is 4.66. The number of nitrogens with zero attached hydrogens (tertiary/aromatic N) is 1. The maximum absolute atomic E-state index is 10.1. The third kappa shape index (κ3) is 4.19. The van der Waals surface area contributed by atoms with Crippen LogP contribution >= 0.6 is 0 Å². The number of aliphatic hydroxyl groups is 2. The van der Waals surface area contributed by atoms with Crippen molar-refractivity contribution in [2.24, 2.45) is 0 Å². The summed E-state index contributed by atoms with van der Waals surface area (Å²) in [7, 11) is 4.72. The number of methoxy groups -OCH3 is 2. The highest BCUT2D eigenvalue weighted by molar-refractivity contribution is 5.78. The molecule has 3 rings (SSSR count). The molecule has 1 unspecified atom stereocenters. The van der Waals surface area contributed by atoms with Crippen molar-refractivity contribution in [1.29, 1.82) is 0 Å². The fourth-order valence-corrected chi connectivity index (χ4v) is 3.26. The Morgan fingerprint density at radius 1 is 1.13 bits per heavy atom. The Morgan fingerprint density at radius 3 is 2.37 bits per heavy atom. The lowest BCUT2D eigenvalue weighted by atomic mass is 10.0. The molecule has 0 aliphatic heterocycles. The van der Waals surface area contributed by atoms with Crippen molar-refractivity contribution in [3.05, 3.63) is 41.7 Å². The summed E-state index contributed by atoms with van der Waals surface area (Å²) in [6, 6.07) is 8.96. The second kappa shape index (κ2) is 9.06. The third-order valence-corrected chi connectivity index (χ3v) is 4.81. The van der Waals surface area contributed by atoms with Crippen LogP contribution in [0.15, 0.2) is 34.7 Å². The van der Waals surface area contributed by atoms with Gasteiger partial charge < -0.3 is 34.5 Å². The molecule has 3 aromatic rings. The monoisotopic (exact) mass is 414 g/mol. The minimum atomic E-state index is -0.805. The van der Waals surface area contributed by atoms with Crippen molar-refractivity contribution in [3.63, 3.8) is 0 Å². The number of nitrogens with one attached hydrogen (secondary N) is 1. The predicted molar refractivity (Wildman–Crippen MR) is 113 cm³/mol. The molecule has 8 nitrogen and oxygen atoms in total. The van der Waals surface area contributed by atoms with Gasteiger partial charge in [0.15, 0.2) is 11.5 Å². The van der Waals surface area contributed by atoms with E-state index >= 15 is 0 Å². The molecular formula is C22H26N2O6. The summed E-state index contributed by atoms with van der Waals surface area (Å²) in [6.07, 6.45) is -0.456. The van der Waals surface area contributed by atoms with E-state index in [2.05, 4.69) is 10.3 Å². The lowest BCUT2D eigenvalue weighted by Gasteiger charge is -2.12. The van der Waals surface area contributed by atoms with Crippen LogP contribution in [0.4, 0.5) is 5.69 Å². The van der Waals surface area contributed by atoms with Crippen LogP contribution in [0.1, 0.15) is 11.3 Å². The Labute approximate surface area is 174 Å². The van der Waals surface area contributed by atoms with E-state index in [4.69, 9.17) is 19.0 Å². The first kappa shape index (κ1) is 21.5. The first-order chi connectivity index (χ1) is 14.4. The third-order valence-electron chi connectivity index (χ3n) is 4.81. The van der Waals surface area contributed by atoms with Gasteiger partial charge in [0.2, 0.25) is 11.6 Å². The largest absolute Gasteiger partial charge is 0.502 e. The van der Waals surface area contributed by atoms with Crippen LogP contribution in [0.3, 0.4) is 0 Å². The Morgan fingerprint density at radius 2 is 1.80 bits per heavy atom. The number of hydrogen-bond donors (Lipinski definition) is 4. The van der Waals surface area contributed by atoms with Crippen LogP contribution in [-0.4, -0.2) is 54.3 Å². The zero-order valence-corrected chi connectivity index (χ0v) is 17.4. The molecule has 2 aromatic carbocycles. The number of aromatic hydroxyl groups is 1. The molecule has 0 saturated carbocycles. The average Bonchev–Trinajstić information content (AvgIpc) is 3.15. The number of aryl methyl sites for hydroxylation is 1. The van der Waals surface area contributed by atoms with Gasteiger partial charge in [-0.25, -0.2) is 4.98 Å². The SMILES string of the molecule is CNc1cc(CC(O)CO)ccc1-c1nc(-c2cc(OC)c(O)c(OC)c2)oc1C. The highest BCUT2D eigenvalue weighted by atomic mass is 16.5. The number of hydrogen-bond acceptors (Lipinski definition) is 8. The van der Waals surface area contributed by atoms with Crippen LogP contribution in [0.25, 0.3) is 22.7 Å².